The van der Waals surface area contributed by atoms with Gasteiger partial charge in [-0.05, 0) is 42.5 Å². The van der Waals surface area contributed by atoms with Gasteiger partial charge in [-0.2, -0.15) is 13.2 Å². The maximum absolute atomic E-state index is 12.8. The van der Waals surface area contributed by atoms with Crippen LogP contribution in [0.1, 0.15) is 15.9 Å². The zero-order valence-electron chi connectivity index (χ0n) is 14.4. The first-order chi connectivity index (χ1) is 13.4. The predicted octanol–water partition coefficient (Wildman–Crippen LogP) is 5.50. The highest BCUT2D eigenvalue weighted by atomic mass is 19.4. The molecule has 0 spiro atoms. The zero-order valence-corrected chi connectivity index (χ0v) is 14.4. The largest absolute Gasteiger partial charge is 0.416 e. The predicted molar refractivity (Wildman–Crippen MR) is 101 cm³/mol. The van der Waals surface area contributed by atoms with Crippen LogP contribution in [0.5, 0.6) is 0 Å². The normalized spacial score (nSPS) is 11.5. The van der Waals surface area contributed by atoms with Crippen LogP contribution in [-0.4, -0.2) is 15.9 Å². The van der Waals surface area contributed by atoms with Gasteiger partial charge < -0.3 is 10.3 Å². The number of para-hydroxylation sites is 2. The van der Waals surface area contributed by atoms with E-state index in [-0.39, 0.29) is 5.56 Å². The number of imidazole rings is 1. The third-order valence-corrected chi connectivity index (χ3v) is 4.24. The number of aromatic nitrogens is 2. The first-order valence-corrected chi connectivity index (χ1v) is 8.44. The lowest BCUT2D eigenvalue weighted by molar-refractivity contribution is -0.137. The minimum Gasteiger partial charge on any atom is -0.338 e. The summed E-state index contributed by atoms with van der Waals surface area (Å²) in [5.74, 6) is 0.0178. The van der Waals surface area contributed by atoms with Gasteiger partial charge in [0.2, 0.25) is 0 Å². The van der Waals surface area contributed by atoms with E-state index in [1.165, 1.54) is 12.1 Å². The molecule has 0 aliphatic heterocycles. The van der Waals surface area contributed by atoms with Gasteiger partial charge in [0.15, 0.2) is 0 Å². The first kappa shape index (κ1) is 17.8. The molecule has 0 saturated heterocycles. The van der Waals surface area contributed by atoms with Gasteiger partial charge in [0.05, 0.1) is 16.6 Å². The molecule has 4 rings (SSSR count). The molecule has 0 aliphatic carbocycles. The quantitative estimate of drug-likeness (QED) is 0.492. The number of alkyl halides is 3. The number of H-pyrrole nitrogens is 1. The topological polar surface area (TPSA) is 57.8 Å². The molecule has 3 aromatic carbocycles. The van der Waals surface area contributed by atoms with Crippen molar-refractivity contribution >= 4 is 22.6 Å². The molecule has 0 unspecified atom stereocenters. The molecule has 0 fully saturated rings. The molecule has 1 heterocycles. The number of nitrogens with one attached hydrogen (secondary N) is 2. The Balaban J connectivity index is 1.59. The number of benzene rings is 3. The van der Waals surface area contributed by atoms with Crippen LogP contribution in [0, 0.1) is 0 Å². The van der Waals surface area contributed by atoms with Crippen molar-refractivity contribution in [1.82, 2.24) is 9.97 Å². The summed E-state index contributed by atoms with van der Waals surface area (Å²) in [4.78, 5) is 20.1. The van der Waals surface area contributed by atoms with Crippen molar-refractivity contribution in [3.8, 4) is 11.4 Å². The van der Waals surface area contributed by atoms with Gasteiger partial charge in [0.25, 0.3) is 5.91 Å². The zero-order chi connectivity index (χ0) is 19.7. The van der Waals surface area contributed by atoms with Gasteiger partial charge in [-0.15, -0.1) is 0 Å². The Morgan fingerprint density at radius 2 is 1.71 bits per heavy atom. The molecule has 0 bridgehead atoms. The number of carbonyl (C=O) groups is 1. The minimum atomic E-state index is -4.50. The van der Waals surface area contributed by atoms with Crippen molar-refractivity contribution < 1.29 is 18.0 Å². The summed E-state index contributed by atoms with van der Waals surface area (Å²) in [5.41, 5.74) is 1.98. The number of hydrogen-bond donors (Lipinski definition) is 2. The number of nitrogens with zero attached hydrogens (tertiary/aromatic N) is 1. The lowest BCUT2D eigenvalue weighted by atomic mass is 10.1. The van der Waals surface area contributed by atoms with Crippen LogP contribution in [0.3, 0.4) is 0 Å². The molecule has 1 amide bonds. The number of fused-ring (bicyclic) bond motifs is 1. The number of aromatic amines is 1. The average Bonchev–Trinajstić information content (AvgIpc) is 3.12. The van der Waals surface area contributed by atoms with Crippen LogP contribution in [0.15, 0.2) is 72.8 Å². The summed E-state index contributed by atoms with van der Waals surface area (Å²) in [6.45, 7) is 0. The summed E-state index contributed by atoms with van der Waals surface area (Å²) < 4.78 is 38.5. The molecule has 7 heteroatoms. The number of rotatable bonds is 3. The number of hydrogen-bond acceptors (Lipinski definition) is 2. The standard InChI is InChI=1S/C21H14F3N3O/c22-21(23,24)15-7-3-6-14(11-15)20(28)25-16-8-4-5-13(12-16)19-26-17-9-1-2-10-18(17)27-19/h1-12H,(H,25,28)(H,26,27). The maximum Gasteiger partial charge on any atom is 0.416 e. The summed E-state index contributed by atoms with van der Waals surface area (Å²) in [6.07, 6.45) is -4.50. The Labute approximate surface area is 158 Å². The average molecular weight is 381 g/mol. The number of anilines is 1. The van der Waals surface area contributed by atoms with Gasteiger partial charge >= 0.3 is 6.18 Å². The molecule has 0 saturated carbocycles. The number of carbonyl (C=O) groups excluding carboxylic acids is 1. The molecule has 0 radical (unpaired) electrons. The van der Waals surface area contributed by atoms with Crippen molar-refractivity contribution in [3.05, 3.63) is 83.9 Å². The lowest BCUT2D eigenvalue weighted by Crippen LogP contribution is -2.14. The molecule has 1 aromatic heterocycles. The van der Waals surface area contributed by atoms with E-state index in [1.807, 2.05) is 30.3 Å². The summed E-state index contributed by atoms with van der Waals surface area (Å²) in [7, 11) is 0. The fourth-order valence-corrected chi connectivity index (χ4v) is 2.87. The second-order valence-electron chi connectivity index (χ2n) is 6.22. The lowest BCUT2D eigenvalue weighted by Gasteiger charge is -2.10. The summed E-state index contributed by atoms with van der Waals surface area (Å²) >= 11 is 0. The highest BCUT2D eigenvalue weighted by molar-refractivity contribution is 6.04. The number of halogens is 3. The third-order valence-electron chi connectivity index (χ3n) is 4.24. The van der Waals surface area contributed by atoms with E-state index >= 15 is 0 Å². The molecular formula is C21H14F3N3O. The first-order valence-electron chi connectivity index (χ1n) is 8.44. The van der Waals surface area contributed by atoms with E-state index in [9.17, 15) is 18.0 Å². The van der Waals surface area contributed by atoms with Gasteiger partial charge in [0, 0.05) is 16.8 Å². The van der Waals surface area contributed by atoms with Crippen LogP contribution in [0.2, 0.25) is 0 Å². The van der Waals surface area contributed by atoms with Crippen molar-refractivity contribution in [2.24, 2.45) is 0 Å². The monoisotopic (exact) mass is 381 g/mol. The Hall–Kier alpha value is -3.61. The highest BCUT2D eigenvalue weighted by Crippen LogP contribution is 2.30. The van der Waals surface area contributed by atoms with Crippen LogP contribution >= 0.6 is 0 Å². The van der Waals surface area contributed by atoms with E-state index in [1.54, 1.807) is 18.2 Å². The molecule has 28 heavy (non-hydrogen) atoms. The molecule has 140 valence electrons. The van der Waals surface area contributed by atoms with Crippen LogP contribution < -0.4 is 5.32 Å². The van der Waals surface area contributed by atoms with Crippen molar-refractivity contribution in [2.75, 3.05) is 5.32 Å². The van der Waals surface area contributed by atoms with E-state index < -0.39 is 17.6 Å². The van der Waals surface area contributed by atoms with E-state index in [0.717, 1.165) is 28.7 Å². The molecule has 4 nitrogen and oxygen atoms in total. The maximum atomic E-state index is 12.8. The fraction of sp³-hybridized carbons (Fsp3) is 0.0476. The fourth-order valence-electron chi connectivity index (χ4n) is 2.87. The van der Waals surface area contributed by atoms with Crippen molar-refractivity contribution in [3.63, 3.8) is 0 Å². The van der Waals surface area contributed by atoms with E-state index in [2.05, 4.69) is 15.3 Å². The Kier molecular flexibility index (Phi) is 4.35. The molecule has 0 aliphatic rings. The van der Waals surface area contributed by atoms with Gasteiger partial charge in [-0.1, -0.05) is 30.3 Å². The minimum absolute atomic E-state index is 0.0658. The van der Waals surface area contributed by atoms with E-state index in [0.29, 0.717) is 11.5 Å². The molecule has 2 N–H and O–H groups in total. The van der Waals surface area contributed by atoms with Crippen molar-refractivity contribution in [2.45, 2.75) is 6.18 Å². The van der Waals surface area contributed by atoms with Gasteiger partial charge in [-0.3, -0.25) is 4.79 Å². The molecule has 4 aromatic rings. The second kappa shape index (κ2) is 6.84. The highest BCUT2D eigenvalue weighted by Gasteiger charge is 2.30. The van der Waals surface area contributed by atoms with Crippen LogP contribution in [-0.2, 0) is 6.18 Å². The van der Waals surface area contributed by atoms with Gasteiger partial charge in [0.1, 0.15) is 5.82 Å². The molecular weight excluding hydrogens is 367 g/mol. The van der Waals surface area contributed by atoms with Crippen LogP contribution in [0.25, 0.3) is 22.4 Å². The molecule has 0 atom stereocenters. The summed E-state index contributed by atoms with van der Waals surface area (Å²) in [6, 6.07) is 18.8. The summed E-state index contributed by atoms with van der Waals surface area (Å²) in [5, 5.41) is 2.63. The van der Waals surface area contributed by atoms with E-state index in [4.69, 9.17) is 0 Å². The smallest absolute Gasteiger partial charge is 0.338 e. The Bertz CT molecular complexity index is 1130. The van der Waals surface area contributed by atoms with Crippen molar-refractivity contribution in [1.29, 1.82) is 0 Å². The number of amides is 1. The Morgan fingerprint density at radius 3 is 2.50 bits per heavy atom. The van der Waals surface area contributed by atoms with Crippen LogP contribution in [0.4, 0.5) is 18.9 Å². The second-order valence-corrected chi connectivity index (χ2v) is 6.22. The van der Waals surface area contributed by atoms with Gasteiger partial charge in [-0.25, -0.2) is 4.98 Å². The Morgan fingerprint density at radius 1 is 0.929 bits per heavy atom. The SMILES string of the molecule is O=C(Nc1cccc(-c2nc3ccccc3[nH]2)c1)c1cccc(C(F)(F)F)c1. The third kappa shape index (κ3) is 3.59.